The Hall–Kier alpha value is -4.50. The number of pyridine rings is 2. The van der Waals surface area contributed by atoms with Gasteiger partial charge in [-0.2, -0.15) is 0 Å². The van der Waals surface area contributed by atoms with Crippen LogP contribution in [-0.4, -0.2) is 9.97 Å². The summed E-state index contributed by atoms with van der Waals surface area (Å²) in [4.78, 5) is 9.11. The SMILES string of the molecule is Cc1ccnc(-c2cccc(-c3cc4cc(-c5cc(C)ccn5)oc4cc3-c3ccccc3)c2)c1. The average molecular weight is 453 g/mol. The Labute approximate surface area is 204 Å². The minimum absolute atomic E-state index is 0.776. The molecule has 0 aliphatic rings. The summed E-state index contributed by atoms with van der Waals surface area (Å²) in [6, 6.07) is 33.7. The molecule has 168 valence electrons. The van der Waals surface area contributed by atoms with E-state index >= 15 is 0 Å². The average Bonchev–Trinajstić information content (AvgIpc) is 3.32. The number of fused-ring (bicyclic) bond motifs is 1. The summed E-state index contributed by atoms with van der Waals surface area (Å²) in [7, 11) is 0. The number of aryl methyl sites for hydroxylation is 2. The van der Waals surface area contributed by atoms with Crippen molar-refractivity contribution in [3.8, 4) is 45.0 Å². The van der Waals surface area contributed by atoms with Crippen molar-refractivity contribution >= 4 is 11.0 Å². The number of hydrogen-bond acceptors (Lipinski definition) is 3. The Balaban J connectivity index is 1.55. The predicted octanol–water partition coefficient (Wildman–Crippen LogP) is 8.51. The molecule has 3 nitrogen and oxygen atoms in total. The van der Waals surface area contributed by atoms with Crippen molar-refractivity contribution in [3.63, 3.8) is 0 Å². The molecule has 0 fully saturated rings. The van der Waals surface area contributed by atoms with Crippen molar-refractivity contribution in [1.82, 2.24) is 9.97 Å². The van der Waals surface area contributed by atoms with E-state index in [0.29, 0.717) is 0 Å². The maximum absolute atomic E-state index is 6.30. The molecule has 0 spiro atoms. The third kappa shape index (κ3) is 4.13. The van der Waals surface area contributed by atoms with E-state index in [0.717, 1.165) is 61.5 Å². The lowest BCUT2D eigenvalue weighted by atomic mass is 9.92. The molecule has 6 aromatic rings. The standard InChI is InChI=1S/C32H24N2O/c1-21-11-13-33-29(15-21)25-10-6-9-24(17-25)27-18-26-19-32(30-16-22(2)12-14-34-30)35-31(26)20-28(27)23-7-4-3-5-8-23/h3-20H,1-2H3. The molecular formula is C32H24N2O. The molecule has 0 amide bonds. The van der Waals surface area contributed by atoms with Gasteiger partial charge in [-0.25, -0.2) is 0 Å². The van der Waals surface area contributed by atoms with Gasteiger partial charge < -0.3 is 4.42 Å². The van der Waals surface area contributed by atoms with Crippen LogP contribution in [0.5, 0.6) is 0 Å². The first-order valence-electron chi connectivity index (χ1n) is 11.7. The van der Waals surface area contributed by atoms with Gasteiger partial charge in [0.15, 0.2) is 5.76 Å². The van der Waals surface area contributed by atoms with Crippen molar-refractivity contribution in [2.45, 2.75) is 13.8 Å². The van der Waals surface area contributed by atoms with E-state index in [1.54, 1.807) is 0 Å². The van der Waals surface area contributed by atoms with Gasteiger partial charge in [0.2, 0.25) is 0 Å². The molecule has 0 aliphatic carbocycles. The fourth-order valence-corrected chi connectivity index (χ4v) is 4.52. The monoisotopic (exact) mass is 452 g/mol. The largest absolute Gasteiger partial charge is 0.454 e. The molecule has 0 N–H and O–H groups in total. The molecule has 6 rings (SSSR count). The maximum Gasteiger partial charge on any atom is 0.153 e. The molecular weight excluding hydrogens is 428 g/mol. The van der Waals surface area contributed by atoms with Crippen LogP contribution in [0.3, 0.4) is 0 Å². The molecule has 0 aliphatic heterocycles. The van der Waals surface area contributed by atoms with Crippen molar-refractivity contribution in [3.05, 3.63) is 121 Å². The molecule has 3 heterocycles. The summed E-state index contributed by atoms with van der Waals surface area (Å²) in [5.41, 5.74) is 10.7. The Morgan fingerprint density at radius 3 is 1.97 bits per heavy atom. The fourth-order valence-electron chi connectivity index (χ4n) is 4.52. The second kappa shape index (κ2) is 8.69. The number of hydrogen-bond donors (Lipinski definition) is 0. The summed E-state index contributed by atoms with van der Waals surface area (Å²) in [5.74, 6) is 0.776. The van der Waals surface area contributed by atoms with Crippen LogP contribution in [0.1, 0.15) is 11.1 Å². The zero-order valence-electron chi connectivity index (χ0n) is 19.7. The lowest BCUT2D eigenvalue weighted by molar-refractivity contribution is 0.629. The summed E-state index contributed by atoms with van der Waals surface area (Å²) in [6.07, 6.45) is 3.69. The van der Waals surface area contributed by atoms with Crippen LogP contribution in [0.4, 0.5) is 0 Å². The van der Waals surface area contributed by atoms with Gasteiger partial charge in [-0.05, 0) is 95.8 Å². The zero-order chi connectivity index (χ0) is 23.8. The van der Waals surface area contributed by atoms with Crippen molar-refractivity contribution in [2.75, 3.05) is 0 Å². The van der Waals surface area contributed by atoms with Gasteiger partial charge in [-0.15, -0.1) is 0 Å². The van der Waals surface area contributed by atoms with E-state index in [1.807, 2.05) is 30.6 Å². The molecule has 0 radical (unpaired) electrons. The lowest BCUT2D eigenvalue weighted by Crippen LogP contribution is -1.88. The molecule has 0 unspecified atom stereocenters. The number of nitrogens with zero attached hydrogens (tertiary/aromatic N) is 2. The third-order valence-corrected chi connectivity index (χ3v) is 6.29. The highest BCUT2D eigenvalue weighted by Gasteiger charge is 2.15. The molecule has 35 heavy (non-hydrogen) atoms. The van der Waals surface area contributed by atoms with Crippen LogP contribution in [0.15, 0.2) is 114 Å². The Bertz CT molecular complexity index is 1660. The lowest BCUT2D eigenvalue weighted by Gasteiger charge is -2.12. The molecule has 3 aromatic heterocycles. The minimum Gasteiger partial charge on any atom is -0.454 e. The normalized spacial score (nSPS) is 11.1. The van der Waals surface area contributed by atoms with Crippen LogP contribution in [0.2, 0.25) is 0 Å². The van der Waals surface area contributed by atoms with Gasteiger partial charge in [-0.3, -0.25) is 9.97 Å². The fraction of sp³-hybridized carbons (Fsp3) is 0.0625. The van der Waals surface area contributed by atoms with E-state index in [1.165, 1.54) is 5.56 Å². The number of rotatable bonds is 4. The molecule has 0 saturated heterocycles. The Kier molecular flexibility index (Phi) is 5.23. The first kappa shape index (κ1) is 21.1. The second-order valence-electron chi connectivity index (χ2n) is 8.93. The van der Waals surface area contributed by atoms with E-state index < -0.39 is 0 Å². The quantitative estimate of drug-likeness (QED) is 0.269. The highest BCUT2D eigenvalue weighted by Crippen LogP contribution is 2.39. The predicted molar refractivity (Wildman–Crippen MR) is 143 cm³/mol. The van der Waals surface area contributed by atoms with Gasteiger partial charge >= 0.3 is 0 Å². The van der Waals surface area contributed by atoms with Crippen molar-refractivity contribution in [1.29, 1.82) is 0 Å². The van der Waals surface area contributed by atoms with E-state index in [2.05, 4.69) is 103 Å². The van der Waals surface area contributed by atoms with Crippen molar-refractivity contribution in [2.24, 2.45) is 0 Å². The van der Waals surface area contributed by atoms with Gasteiger partial charge in [0.1, 0.15) is 11.3 Å². The number of benzene rings is 3. The highest BCUT2D eigenvalue weighted by atomic mass is 16.3. The van der Waals surface area contributed by atoms with E-state index in [4.69, 9.17) is 4.42 Å². The molecule has 3 aromatic carbocycles. The Morgan fingerprint density at radius 2 is 1.20 bits per heavy atom. The topological polar surface area (TPSA) is 38.9 Å². The first-order chi connectivity index (χ1) is 17.1. The van der Waals surface area contributed by atoms with Gasteiger partial charge in [0, 0.05) is 23.3 Å². The van der Waals surface area contributed by atoms with Gasteiger partial charge in [0.25, 0.3) is 0 Å². The van der Waals surface area contributed by atoms with Gasteiger partial charge in [0.05, 0.1) is 5.69 Å². The van der Waals surface area contributed by atoms with Crippen LogP contribution in [0.25, 0.3) is 55.9 Å². The van der Waals surface area contributed by atoms with E-state index in [-0.39, 0.29) is 0 Å². The van der Waals surface area contributed by atoms with Crippen LogP contribution >= 0.6 is 0 Å². The molecule has 3 heteroatoms. The summed E-state index contributed by atoms with van der Waals surface area (Å²) in [5, 5.41) is 1.05. The Morgan fingerprint density at radius 1 is 0.543 bits per heavy atom. The molecule has 0 saturated carbocycles. The van der Waals surface area contributed by atoms with Crippen LogP contribution in [0, 0.1) is 13.8 Å². The van der Waals surface area contributed by atoms with E-state index in [9.17, 15) is 0 Å². The third-order valence-electron chi connectivity index (χ3n) is 6.29. The number of furan rings is 1. The smallest absolute Gasteiger partial charge is 0.153 e. The van der Waals surface area contributed by atoms with Crippen molar-refractivity contribution < 1.29 is 4.42 Å². The first-order valence-corrected chi connectivity index (χ1v) is 11.7. The zero-order valence-corrected chi connectivity index (χ0v) is 19.7. The second-order valence-corrected chi connectivity index (χ2v) is 8.93. The van der Waals surface area contributed by atoms with Crippen LogP contribution < -0.4 is 0 Å². The maximum atomic E-state index is 6.30. The van der Waals surface area contributed by atoms with Gasteiger partial charge in [-0.1, -0.05) is 48.5 Å². The molecule has 0 bridgehead atoms. The van der Waals surface area contributed by atoms with Crippen LogP contribution in [-0.2, 0) is 0 Å². The summed E-state index contributed by atoms with van der Waals surface area (Å²) >= 11 is 0. The number of aromatic nitrogens is 2. The molecule has 0 atom stereocenters. The highest BCUT2D eigenvalue weighted by molar-refractivity contribution is 5.96. The minimum atomic E-state index is 0.776. The summed E-state index contributed by atoms with van der Waals surface area (Å²) in [6.45, 7) is 4.16. The summed E-state index contributed by atoms with van der Waals surface area (Å²) < 4.78 is 6.30.